The summed E-state index contributed by atoms with van der Waals surface area (Å²) in [5, 5.41) is 3.16. The van der Waals surface area contributed by atoms with Crippen LogP contribution in [0.3, 0.4) is 0 Å². The number of hydrogen-bond acceptors (Lipinski definition) is 2. The molecule has 1 aromatic carbocycles. The standard InChI is InChI=1S/C18H28N2O/c1-5-18(3,4)19-17(21)14(2)20-12-11-16(13-20)15-9-7-6-8-10-15/h6-10,14,16H,5,11-13H2,1-4H3,(H,19,21)/t14-,16+/m1/s1. The molecular weight excluding hydrogens is 260 g/mol. The molecule has 1 amide bonds. The molecule has 1 saturated heterocycles. The number of carbonyl (C=O) groups is 1. The zero-order valence-corrected chi connectivity index (χ0v) is 13.7. The first-order valence-electron chi connectivity index (χ1n) is 8.04. The van der Waals surface area contributed by atoms with Gasteiger partial charge in [0.2, 0.25) is 5.91 Å². The Labute approximate surface area is 128 Å². The van der Waals surface area contributed by atoms with Gasteiger partial charge in [0.1, 0.15) is 0 Å². The van der Waals surface area contributed by atoms with Crippen molar-refractivity contribution in [1.82, 2.24) is 10.2 Å². The summed E-state index contributed by atoms with van der Waals surface area (Å²) in [5.41, 5.74) is 1.27. The van der Waals surface area contributed by atoms with Crippen LogP contribution in [0.5, 0.6) is 0 Å². The molecule has 1 fully saturated rings. The van der Waals surface area contributed by atoms with E-state index in [9.17, 15) is 4.79 Å². The quantitative estimate of drug-likeness (QED) is 0.902. The van der Waals surface area contributed by atoms with Crippen LogP contribution < -0.4 is 5.32 Å². The highest BCUT2D eigenvalue weighted by atomic mass is 16.2. The Morgan fingerprint density at radius 3 is 2.67 bits per heavy atom. The predicted molar refractivity (Wildman–Crippen MR) is 87.3 cm³/mol. The Kier molecular flexibility index (Phi) is 5.04. The van der Waals surface area contributed by atoms with Crippen molar-refractivity contribution in [3.8, 4) is 0 Å². The minimum atomic E-state index is -0.121. The van der Waals surface area contributed by atoms with E-state index in [1.165, 1.54) is 5.56 Å². The van der Waals surface area contributed by atoms with Crippen LogP contribution >= 0.6 is 0 Å². The minimum absolute atomic E-state index is 0.0514. The average molecular weight is 288 g/mol. The summed E-state index contributed by atoms with van der Waals surface area (Å²) < 4.78 is 0. The van der Waals surface area contributed by atoms with Gasteiger partial charge in [-0.15, -0.1) is 0 Å². The molecule has 0 bridgehead atoms. The molecule has 1 aliphatic heterocycles. The number of likely N-dealkylation sites (tertiary alicyclic amines) is 1. The zero-order valence-electron chi connectivity index (χ0n) is 13.7. The molecule has 21 heavy (non-hydrogen) atoms. The third-order valence-corrected chi connectivity index (χ3v) is 4.76. The molecule has 0 spiro atoms. The first-order valence-corrected chi connectivity index (χ1v) is 8.04. The number of hydrogen-bond donors (Lipinski definition) is 1. The van der Waals surface area contributed by atoms with E-state index < -0.39 is 0 Å². The molecule has 3 heteroatoms. The fourth-order valence-electron chi connectivity index (χ4n) is 2.83. The van der Waals surface area contributed by atoms with Gasteiger partial charge in [0.15, 0.2) is 0 Å². The number of amides is 1. The summed E-state index contributed by atoms with van der Waals surface area (Å²) in [6.07, 6.45) is 2.08. The van der Waals surface area contributed by atoms with Gasteiger partial charge in [-0.1, -0.05) is 37.3 Å². The second-order valence-corrected chi connectivity index (χ2v) is 6.79. The molecule has 1 aromatic rings. The van der Waals surface area contributed by atoms with Crippen LogP contribution in [0.4, 0.5) is 0 Å². The number of nitrogens with one attached hydrogen (secondary N) is 1. The molecule has 2 rings (SSSR count). The highest BCUT2D eigenvalue weighted by Gasteiger charge is 2.31. The monoisotopic (exact) mass is 288 g/mol. The van der Waals surface area contributed by atoms with Crippen LogP contribution in [-0.2, 0) is 4.79 Å². The fourth-order valence-corrected chi connectivity index (χ4v) is 2.83. The average Bonchev–Trinajstić information content (AvgIpc) is 2.96. The van der Waals surface area contributed by atoms with E-state index >= 15 is 0 Å². The van der Waals surface area contributed by atoms with Crippen molar-refractivity contribution in [2.45, 2.75) is 58.0 Å². The lowest BCUT2D eigenvalue weighted by molar-refractivity contribution is -0.127. The highest BCUT2D eigenvalue weighted by molar-refractivity contribution is 5.82. The maximum atomic E-state index is 12.4. The first kappa shape index (κ1) is 16.0. The summed E-state index contributed by atoms with van der Waals surface area (Å²) >= 11 is 0. The van der Waals surface area contributed by atoms with Gasteiger partial charge in [0, 0.05) is 12.1 Å². The molecule has 0 aliphatic carbocycles. The molecule has 1 heterocycles. The van der Waals surface area contributed by atoms with Crippen LogP contribution in [0.15, 0.2) is 30.3 Å². The van der Waals surface area contributed by atoms with Gasteiger partial charge in [-0.3, -0.25) is 9.69 Å². The summed E-state index contributed by atoms with van der Waals surface area (Å²) in [4.78, 5) is 14.7. The molecule has 2 atom stereocenters. The molecule has 0 aromatic heterocycles. The molecule has 0 saturated carbocycles. The van der Waals surface area contributed by atoms with Gasteiger partial charge in [-0.25, -0.2) is 0 Å². The molecule has 116 valence electrons. The number of nitrogens with zero attached hydrogens (tertiary/aromatic N) is 1. The second-order valence-electron chi connectivity index (χ2n) is 6.79. The normalized spacial score (nSPS) is 21.2. The minimum Gasteiger partial charge on any atom is -0.350 e. The Hall–Kier alpha value is -1.35. The third kappa shape index (κ3) is 4.07. The number of benzene rings is 1. The van der Waals surface area contributed by atoms with Crippen molar-refractivity contribution in [2.75, 3.05) is 13.1 Å². The van der Waals surface area contributed by atoms with Crippen LogP contribution in [0, 0.1) is 0 Å². The predicted octanol–water partition coefficient (Wildman–Crippen LogP) is 3.17. The lowest BCUT2D eigenvalue weighted by Gasteiger charge is -2.30. The van der Waals surface area contributed by atoms with E-state index in [0.717, 1.165) is 25.9 Å². The van der Waals surface area contributed by atoms with Gasteiger partial charge < -0.3 is 5.32 Å². The zero-order chi connectivity index (χ0) is 15.5. The molecule has 0 unspecified atom stereocenters. The van der Waals surface area contributed by atoms with Crippen molar-refractivity contribution >= 4 is 5.91 Å². The first-order chi connectivity index (χ1) is 9.93. The van der Waals surface area contributed by atoms with Crippen molar-refractivity contribution in [2.24, 2.45) is 0 Å². The lowest BCUT2D eigenvalue weighted by Crippen LogP contribution is -2.51. The maximum absolute atomic E-state index is 12.4. The van der Waals surface area contributed by atoms with E-state index in [4.69, 9.17) is 0 Å². The highest BCUT2D eigenvalue weighted by Crippen LogP contribution is 2.28. The number of rotatable bonds is 5. The van der Waals surface area contributed by atoms with Gasteiger partial charge in [-0.05, 0) is 51.6 Å². The lowest BCUT2D eigenvalue weighted by atomic mass is 9.99. The Morgan fingerprint density at radius 2 is 2.05 bits per heavy atom. The van der Waals surface area contributed by atoms with E-state index in [1.54, 1.807) is 0 Å². The molecular formula is C18H28N2O. The fraction of sp³-hybridized carbons (Fsp3) is 0.611. The third-order valence-electron chi connectivity index (χ3n) is 4.76. The molecule has 1 N–H and O–H groups in total. The Bertz CT molecular complexity index is 469. The van der Waals surface area contributed by atoms with E-state index in [0.29, 0.717) is 5.92 Å². The van der Waals surface area contributed by atoms with Crippen LogP contribution in [0.1, 0.15) is 52.0 Å². The SMILES string of the molecule is CCC(C)(C)NC(=O)[C@@H](C)N1CC[C@H](c2ccccc2)C1. The van der Waals surface area contributed by atoms with E-state index in [1.807, 2.05) is 6.92 Å². The van der Waals surface area contributed by atoms with Crippen molar-refractivity contribution in [1.29, 1.82) is 0 Å². The van der Waals surface area contributed by atoms with Crippen LogP contribution in [0.2, 0.25) is 0 Å². The smallest absolute Gasteiger partial charge is 0.237 e. The largest absolute Gasteiger partial charge is 0.350 e. The summed E-state index contributed by atoms with van der Waals surface area (Å²) in [6, 6.07) is 10.6. The van der Waals surface area contributed by atoms with Crippen LogP contribution in [-0.4, -0.2) is 35.5 Å². The Balaban J connectivity index is 1.93. The van der Waals surface area contributed by atoms with Crippen molar-refractivity contribution in [3.05, 3.63) is 35.9 Å². The van der Waals surface area contributed by atoms with Gasteiger partial charge in [0.05, 0.1) is 6.04 Å². The molecule has 3 nitrogen and oxygen atoms in total. The van der Waals surface area contributed by atoms with Gasteiger partial charge in [0.25, 0.3) is 0 Å². The van der Waals surface area contributed by atoms with E-state index in [2.05, 4.69) is 61.3 Å². The van der Waals surface area contributed by atoms with Gasteiger partial charge >= 0.3 is 0 Å². The van der Waals surface area contributed by atoms with Gasteiger partial charge in [-0.2, -0.15) is 0 Å². The topological polar surface area (TPSA) is 32.3 Å². The second kappa shape index (κ2) is 6.61. The summed E-state index contributed by atoms with van der Waals surface area (Å²) in [7, 11) is 0. The van der Waals surface area contributed by atoms with Crippen molar-refractivity contribution < 1.29 is 4.79 Å². The Morgan fingerprint density at radius 1 is 1.38 bits per heavy atom. The van der Waals surface area contributed by atoms with Crippen molar-refractivity contribution in [3.63, 3.8) is 0 Å². The van der Waals surface area contributed by atoms with E-state index in [-0.39, 0.29) is 17.5 Å². The number of carbonyl (C=O) groups excluding carboxylic acids is 1. The summed E-state index contributed by atoms with van der Waals surface area (Å²) in [6.45, 7) is 10.3. The van der Waals surface area contributed by atoms with Crippen LogP contribution in [0.25, 0.3) is 0 Å². The summed E-state index contributed by atoms with van der Waals surface area (Å²) in [5.74, 6) is 0.705. The molecule has 0 radical (unpaired) electrons. The molecule has 1 aliphatic rings. The maximum Gasteiger partial charge on any atom is 0.237 e.